The van der Waals surface area contributed by atoms with Crippen molar-refractivity contribution in [2.75, 3.05) is 0 Å². The molecule has 18 heavy (non-hydrogen) atoms. The van der Waals surface area contributed by atoms with Gasteiger partial charge in [-0.2, -0.15) is 0 Å². The van der Waals surface area contributed by atoms with Crippen molar-refractivity contribution in [2.45, 2.75) is 37.8 Å². The molecule has 0 aromatic heterocycles. The van der Waals surface area contributed by atoms with Crippen LogP contribution in [0.4, 0.5) is 4.39 Å². The summed E-state index contributed by atoms with van der Waals surface area (Å²) in [5.74, 6) is -0.808. The van der Waals surface area contributed by atoms with Gasteiger partial charge in [0.2, 0.25) is 10.0 Å². The summed E-state index contributed by atoms with van der Waals surface area (Å²) >= 11 is 3.15. The molecule has 0 radical (unpaired) electrons. The van der Waals surface area contributed by atoms with Crippen molar-refractivity contribution in [1.29, 1.82) is 0 Å². The molecule has 102 valence electrons. The van der Waals surface area contributed by atoms with Crippen molar-refractivity contribution >= 4 is 26.0 Å². The summed E-state index contributed by atoms with van der Waals surface area (Å²) in [4.78, 5) is -0.396. The first kappa shape index (κ1) is 15.6. The van der Waals surface area contributed by atoms with Gasteiger partial charge in [-0.25, -0.2) is 17.5 Å². The Labute approximate surface area is 115 Å². The lowest BCUT2D eigenvalue weighted by atomic mass is 10.1. The lowest BCUT2D eigenvalue weighted by Crippen LogP contribution is -2.40. The standard InChI is InChI=1S/C11H16BrFN2O2S/c1-11(2,3)15-18(16,17)9-5-8(12)4-7(6-14)10(9)13/h4-5,15H,6,14H2,1-3H3. The average molecular weight is 339 g/mol. The van der Waals surface area contributed by atoms with Gasteiger partial charge in [0.15, 0.2) is 0 Å². The zero-order chi connectivity index (χ0) is 14.1. The molecule has 0 atom stereocenters. The van der Waals surface area contributed by atoms with Gasteiger partial charge in [-0.3, -0.25) is 0 Å². The van der Waals surface area contributed by atoms with Gasteiger partial charge in [0.1, 0.15) is 10.7 Å². The van der Waals surface area contributed by atoms with Gasteiger partial charge in [0, 0.05) is 22.1 Å². The number of sulfonamides is 1. The van der Waals surface area contributed by atoms with E-state index in [-0.39, 0.29) is 12.1 Å². The van der Waals surface area contributed by atoms with Crippen LogP contribution in [0.25, 0.3) is 0 Å². The third kappa shape index (κ3) is 3.74. The maximum Gasteiger partial charge on any atom is 0.244 e. The van der Waals surface area contributed by atoms with Gasteiger partial charge in [-0.1, -0.05) is 15.9 Å². The average Bonchev–Trinajstić information content (AvgIpc) is 2.17. The first-order valence-corrected chi connectivity index (χ1v) is 7.56. The highest BCUT2D eigenvalue weighted by molar-refractivity contribution is 9.10. The number of benzene rings is 1. The fourth-order valence-electron chi connectivity index (χ4n) is 1.42. The van der Waals surface area contributed by atoms with Crippen molar-refractivity contribution in [3.05, 3.63) is 28.0 Å². The minimum absolute atomic E-state index is 0.0662. The Hall–Kier alpha value is -0.500. The van der Waals surface area contributed by atoms with E-state index in [1.807, 2.05) is 0 Å². The van der Waals surface area contributed by atoms with Crippen LogP contribution in [0.5, 0.6) is 0 Å². The van der Waals surface area contributed by atoms with E-state index in [0.717, 1.165) is 0 Å². The first-order chi connectivity index (χ1) is 8.07. The molecule has 0 saturated heterocycles. The Balaban J connectivity index is 3.37. The molecule has 0 saturated carbocycles. The van der Waals surface area contributed by atoms with Crippen LogP contribution in [0.2, 0.25) is 0 Å². The molecule has 0 spiro atoms. The van der Waals surface area contributed by atoms with Gasteiger partial charge < -0.3 is 5.73 Å². The van der Waals surface area contributed by atoms with E-state index in [0.29, 0.717) is 4.47 Å². The lowest BCUT2D eigenvalue weighted by Gasteiger charge is -2.21. The molecular weight excluding hydrogens is 323 g/mol. The second-order valence-electron chi connectivity index (χ2n) is 4.94. The highest BCUT2D eigenvalue weighted by Crippen LogP contribution is 2.24. The van der Waals surface area contributed by atoms with Crippen molar-refractivity contribution in [2.24, 2.45) is 5.73 Å². The third-order valence-corrected chi connectivity index (χ3v) is 4.24. The fraction of sp³-hybridized carbons (Fsp3) is 0.455. The molecule has 0 aliphatic rings. The largest absolute Gasteiger partial charge is 0.326 e. The monoisotopic (exact) mass is 338 g/mol. The molecule has 1 aromatic rings. The second kappa shape index (κ2) is 5.24. The van der Waals surface area contributed by atoms with Crippen molar-refractivity contribution in [1.82, 2.24) is 4.72 Å². The van der Waals surface area contributed by atoms with Gasteiger partial charge in [0.05, 0.1) is 0 Å². The highest BCUT2D eigenvalue weighted by Gasteiger charge is 2.26. The predicted molar refractivity (Wildman–Crippen MR) is 72.1 cm³/mol. The number of halogens is 2. The van der Waals surface area contributed by atoms with Crippen LogP contribution >= 0.6 is 15.9 Å². The molecule has 4 nitrogen and oxygen atoms in total. The smallest absolute Gasteiger partial charge is 0.244 e. The molecule has 0 bridgehead atoms. The van der Waals surface area contributed by atoms with Crippen molar-refractivity contribution < 1.29 is 12.8 Å². The Morgan fingerprint density at radius 3 is 2.39 bits per heavy atom. The lowest BCUT2D eigenvalue weighted by molar-refractivity contribution is 0.485. The fourth-order valence-corrected chi connectivity index (χ4v) is 3.64. The van der Waals surface area contributed by atoms with Gasteiger partial charge in [0.25, 0.3) is 0 Å². The molecule has 0 aliphatic carbocycles. The van der Waals surface area contributed by atoms with E-state index in [4.69, 9.17) is 5.73 Å². The minimum Gasteiger partial charge on any atom is -0.326 e. The molecular formula is C11H16BrFN2O2S. The molecule has 0 heterocycles. The Morgan fingerprint density at radius 2 is 1.94 bits per heavy atom. The highest BCUT2D eigenvalue weighted by atomic mass is 79.9. The zero-order valence-electron chi connectivity index (χ0n) is 10.4. The summed E-state index contributed by atoms with van der Waals surface area (Å²) in [6.07, 6.45) is 0. The van der Waals surface area contributed by atoms with E-state index in [1.165, 1.54) is 12.1 Å². The molecule has 1 aromatic carbocycles. The number of hydrogen-bond donors (Lipinski definition) is 2. The Kier molecular flexibility index (Phi) is 4.53. The predicted octanol–water partition coefficient (Wildman–Crippen LogP) is 2.12. The Morgan fingerprint density at radius 1 is 1.39 bits per heavy atom. The normalized spacial score (nSPS) is 12.8. The minimum atomic E-state index is -3.91. The van der Waals surface area contributed by atoms with Crippen LogP contribution in [-0.2, 0) is 16.6 Å². The number of nitrogens with two attached hydrogens (primary N) is 1. The van der Waals surface area contributed by atoms with E-state index in [2.05, 4.69) is 20.7 Å². The summed E-state index contributed by atoms with van der Waals surface area (Å²) in [5.41, 5.74) is 4.85. The summed E-state index contributed by atoms with van der Waals surface area (Å²) in [5, 5.41) is 0. The maximum atomic E-state index is 14.0. The van der Waals surface area contributed by atoms with Crippen LogP contribution in [-0.4, -0.2) is 14.0 Å². The topological polar surface area (TPSA) is 72.2 Å². The Bertz CT molecular complexity index is 553. The van der Waals surface area contributed by atoms with Crippen molar-refractivity contribution in [3.63, 3.8) is 0 Å². The third-order valence-electron chi connectivity index (χ3n) is 2.03. The van der Waals surface area contributed by atoms with Gasteiger partial charge in [-0.05, 0) is 32.9 Å². The van der Waals surface area contributed by atoms with Crippen LogP contribution in [0.15, 0.2) is 21.5 Å². The number of hydrogen-bond acceptors (Lipinski definition) is 3. The second-order valence-corrected chi connectivity index (χ2v) is 7.50. The molecule has 0 fully saturated rings. The molecule has 1 rings (SSSR count). The SMILES string of the molecule is CC(C)(C)NS(=O)(=O)c1cc(Br)cc(CN)c1F. The maximum absolute atomic E-state index is 14.0. The number of nitrogens with one attached hydrogen (secondary N) is 1. The molecule has 7 heteroatoms. The van der Waals surface area contributed by atoms with E-state index in [9.17, 15) is 12.8 Å². The zero-order valence-corrected chi connectivity index (χ0v) is 12.8. The van der Waals surface area contributed by atoms with Crippen LogP contribution in [0.1, 0.15) is 26.3 Å². The van der Waals surface area contributed by atoms with E-state index >= 15 is 0 Å². The molecule has 0 unspecified atom stereocenters. The number of rotatable bonds is 3. The summed E-state index contributed by atoms with van der Waals surface area (Å²) in [6, 6.07) is 2.69. The van der Waals surface area contributed by atoms with E-state index < -0.39 is 26.3 Å². The van der Waals surface area contributed by atoms with Crippen LogP contribution in [0, 0.1) is 5.82 Å². The summed E-state index contributed by atoms with van der Waals surface area (Å²) < 4.78 is 41.0. The summed E-state index contributed by atoms with van der Waals surface area (Å²) in [6.45, 7) is 4.99. The van der Waals surface area contributed by atoms with Crippen LogP contribution < -0.4 is 10.5 Å². The van der Waals surface area contributed by atoms with Gasteiger partial charge >= 0.3 is 0 Å². The van der Waals surface area contributed by atoms with E-state index in [1.54, 1.807) is 20.8 Å². The molecule has 0 amide bonds. The summed E-state index contributed by atoms with van der Waals surface area (Å²) in [7, 11) is -3.91. The van der Waals surface area contributed by atoms with Crippen LogP contribution in [0.3, 0.4) is 0 Å². The van der Waals surface area contributed by atoms with Gasteiger partial charge in [-0.15, -0.1) is 0 Å². The first-order valence-electron chi connectivity index (χ1n) is 5.29. The molecule has 3 N–H and O–H groups in total. The molecule has 0 aliphatic heterocycles. The quantitative estimate of drug-likeness (QED) is 0.886. The van der Waals surface area contributed by atoms with Crippen molar-refractivity contribution in [3.8, 4) is 0 Å².